The first-order valence-electron chi connectivity index (χ1n) is 3.53. The van der Waals surface area contributed by atoms with E-state index in [1.165, 1.54) is 0 Å². The van der Waals surface area contributed by atoms with Gasteiger partial charge in [-0.25, -0.2) is 0 Å². The van der Waals surface area contributed by atoms with Gasteiger partial charge in [-0.1, -0.05) is 13.8 Å². The summed E-state index contributed by atoms with van der Waals surface area (Å²) in [7, 11) is 0. The number of aliphatic carboxylic acids is 2. The Balaban J connectivity index is 0. The Labute approximate surface area is 71.2 Å². The van der Waals surface area contributed by atoms with Crippen LogP contribution in [0.15, 0.2) is 0 Å². The summed E-state index contributed by atoms with van der Waals surface area (Å²) >= 11 is 0. The molecule has 0 fully saturated rings. The lowest BCUT2D eigenvalue weighted by atomic mass is 10.1. The van der Waals surface area contributed by atoms with Crippen LogP contribution < -0.4 is 5.73 Å². The minimum Gasteiger partial charge on any atom is -0.481 e. The van der Waals surface area contributed by atoms with Crippen LogP contribution in [0.4, 0.5) is 0 Å². The highest BCUT2D eigenvalue weighted by Gasteiger charge is 1.98. The number of carboxylic acid groups (broad SMARTS) is 2. The minimum absolute atomic E-state index is 0.275. The predicted octanol–water partition coefficient (Wildman–Crippen LogP) is 0.147. The summed E-state index contributed by atoms with van der Waals surface area (Å²) < 4.78 is 0. The van der Waals surface area contributed by atoms with Crippen LogP contribution in [0.1, 0.15) is 20.3 Å². The highest BCUT2D eigenvalue weighted by molar-refractivity contribution is 5.68. The summed E-state index contributed by atoms with van der Waals surface area (Å²) in [5.41, 5.74) is 4.57. The summed E-state index contributed by atoms with van der Waals surface area (Å²) in [4.78, 5) is 19.1. The van der Waals surface area contributed by atoms with Crippen molar-refractivity contribution in [2.24, 2.45) is 11.7 Å². The molecule has 0 bridgehead atoms. The largest absolute Gasteiger partial charge is 0.481 e. The summed E-state index contributed by atoms with van der Waals surface area (Å²) in [5.74, 6) is -1.41. The first kappa shape index (κ1) is 13.5. The van der Waals surface area contributed by atoms with Crippen LogP contribution in [0.25, 0.3) is 0 Å². The van der Waals surface area contributed by atoms with Crippen LogP contribution in [0.3, 0.4) is 0 Å². The Morgan fingerprint density at radius 1 is 1.25 bits per heavy atom. The Morgan fingerprint density at radius 3 is 1.58 bits per heavy atom. The highest BCUT2D eigenvalue weighted by Crippen LogP contribution is 1.96. The van der Waals surface area contributed by atoms with Crippen LogP contribution in [-0.4, -0.2) is 28.7 Å². The lowest BCUT2D eigenvalue weighted by Crippen LogP contribution is -2.10. The number of hydrogen-bond donors (Lipinski definition) is 3. The van der Waals surface area contributed by atoms with Crippen molar-refractivity contribution >= 4 is 11.9 Å². The maximum absolute atomic E-state index is 9.81. The average Bonchev–Trinajstić information content (AvgIpc) is 1.85. The summed E-state index contributed by atoms with van der Waals surface area (Å²) in [6, 6.07) is 0. The first-order chi connectivity index (χ1) is 5.40. The van der Waals surface area contributed by atoms with Crippen LogP contribution >= 0.6 is 0 Å². The molecule has 0 saturated carbocycles. The van der Waals surface area contributed by atoms with E-state index in [-0.39, 0.29) is 18.9 Å². The van der Waals surface area contributed by atoms with E-state index in [1.807, 2.05) is 13.8 Å². The van der Waals surface area contributed by atoms with Crippen LogP contribution in [0.5, 0.6) is 0 Å². The van der Waals surface area contributed by atoms with Gasteiger partial charge in [0, 0.05) is 6.42 Å². The molecule has 0 aliphatic carbocycles. The van der Waals surface area contributed by atoms with Gasteiger partial charge >= 0.3 is 11.9 Å². The maximum atomic E-state index is 9.81. The molecule has 0 spiro atoms. The molecule has 5 nitrogen and oxygen atoms in total. The Hall–Kier alpha value is -1.10. The third-order valence-corrected chi connectivity index (χ3v) is 0.757. The number of carbonyl (C=O) groups is 2. The lowest BCUT2D eigenvalue weighted by molar-refractivity contribution is -0.138. The maximum Gasteiger partial charge on any atom is 0.317 e. The molecule has 0 aliphatic rings. The number of carboxylic acids is 2. The predicted molar refractivity (Wildman–Crippen MR) is 43.8 cm³/mol. The van der Waals surface area contributed by atoms with Gasteiger partial charge in [-0.2, -0.15) is 0 Å². The molecule has 72 valence electrons. The van der Waals surface area contributed by atoms with Gasteiger partial charge < -0.3 is 15.9 Å². The quantitative estimate of drug-likeness (QED) is 0.569. The van der Waals surface area contributed by atoms with Crippen molar-refractivity contribution in [1.29, 1.82) is 0 Å². The van der Waals surface area contributed by atoms with Crippen molar-refractivity contribution in [3.63, 3.8) is 0 Å². The van der Waals surface area contributed by atoms with Gasteiger partial charge in [0.15, 0.2) is 0 Å². The number of nitrogens with two attached hydrogens (primary N) is 1. The third kappa shape index (κ3) is 23.1. The van der Waals surface area contributed by atoms with Crippen molar-refractivity contribution in [2.75, 3.05) is 6.54 Å². The van der Waals surface area contributed by atoms with E-state index in [9.17, 15) is 9.59 Å². The van der Waals surface area contributed by atoms with E-state index in [0.29, 0.717) is 0 Å². The van der Waals surface area contributed by atoms with Gasteiger partial charge in [0.25, 0.3) is 0 Å². The number of rotatable bonds is 3. The zero-order valence-electron chi connectivity index (χ0n) is 7.28. The van der Waals surface area contributed by atoms with Gasteiger partial charge in [-0.05, 0) is 5.92 Å². The van der Waals surface area contributed by atoms with Gasteiger partial charge in [0.2, 0.25) is 0 Å². The Bertz CT molecular complexity index is 144. The van der Waals surface area contributed by atoms with Crippen LogP contribution in [0.2, 0.25) is 0 Å². The standard InChI is InChI=1S/C5H10O2.C2H5NO2/c1-4(2)3-5(6)7;3-1-2(4)5/h4H,3H2,1-2H3,(H,6,7);1,3H2,(H,4,5). The summed E-state index contributed by atoms with van der Waals surface area (Å²) in [6.07, 6.45) is 0.278. The van der Waals surface area contributed by atoms with Crippen molar-refractivity contribution in [3.8, 4) is 0 Å². The zero-order chi connectivity index (χ0) is 10.1. The minimum atomic E-state index is -0.968. The zero-order valence-corrected chi connectivity index (χ0v) is 7.28. The molecule has 0 atom stereocenters. The molecule has 0 unspecified atom stereocenters. The molecule has 0 radical (unpaired) electrons. The second-order valence-electron chi connectivity index (χ2n) is 2.59. The van der Waals surface area contributed by atoms with E-state index in [0.717, 1.165) is 0 Å². The van der Waals surface area contributed by atoms with Crippen molar-refractivity contribution in [1.82, 2.24) is 0 Å². The monoisotopic (exact) mass is 177 g/mol. The highest BCUT2D eigenvalue weighted by atomic mass is 16.4. The van der Waals surface area contributed by atoms with Crippen LogP contribution in [-0.2, 0) is 9.59 Å². The summed E-state index contributed by atoms with van der Waals surface area (Å²) in [6.45, 7) is 3.49. The molecule has 0 heterocycles. The molecular formula is C7H15NO4. The third-order valence-electron chi connectivity index (χ3n) is 0.757. The van der Waals surface area contributed by atoms with Gasteiger partial charge in [0.05, 0.1) is 6.54 Å². The van der Waals surface area contributed by atoms with E-state index in [1.54, 1.807) is 0 Å². The smallest absolute Gasteiger partial charge is 0.317 e. The van der Waals surface area contributed by atoms with E-state index in [2.05, 4.69) is 5.73 Å². The van der Waals surface area contributed by atoms with Crippen molar-refractivity contribution in [3.05, 3.63) is 0 Å². The SMILES string of the molecule is CC(C)CC(=O)O.NCC(=O)O. The lowest BCUT2D eigenvalue weighted by Gasteiger charge is -1.94. The van der Waals surface area contributed by atoms with Gasteiger partial charge in [0.1, 0.15) is 0 Å². The van der Waals surface area contributed by atoms with E-state index < -0.39 is 11.9 Å². The second-order valence-corrected chi connectivity index (χ2v) is 2.59. The first-order valence-corrected chi connectivity index (χ1v) is 3.53. The molecule has 4 N–H and O–H groups in total. The molecule has 0 aliphatic heterocycles. The van der Waals surface area contributed by atoms with Crippen molar-refractivity contribution < 1.29 is 19.8 Å². The average molecular weight is 177 g/mol. The molecule has 5 heteroatoms. The fraction of sp³-hybridized carbons (Fsp3) is 0.714. The summed E-state index contributed by atoms with van der Waals surface area (Å²) in [5, 5.41) is 15.7. The van der Waals surface area contributed by atoms with E-state index >= 15 is 0 Å². The van der Waals surface area contributed by atoms with Crippen LogP contribution in [0, 0.1) is 5.92 Å². The fourth-order valence-electron chi connectivity index (χ4n) is 0.349. The van der Waals surface area contributed by atoms with Crippen molar-refractivity contribution in [2.45, 2.75) is 20.3 Å². The molecule has 0 rings (SSSR count). The topological polar surface area (TPSA) is 101 Å². The molecule has 12 heavy (non-hydrogen) atoms. The Kier molecular flexibility index (Phi) is 8.99. The molecule has 0 aromatic heterocycles. The normalized spacial score (nSPS) is 8.67. The molecule has 0 saturated heterocycles. The molecule has 0 aromatic carbocycles. The van der Waals surface area contributed by atoms with Gasteiger partial charge in [-0.3, -0.25) is 9.59 Å². The second kappa shape index (κ2) is 8.00. The molecule has 0 aromatic rings. The molecule has 0 amide bonds. The fourth-order valence-corrected chi connectivity index (χ4v) is 0.349. The molecular weight excluding hydrogens is 162 g/mol. The van der Waals surface area contributed by atoms with E-state index in [4.69, 9.17) is 10.2 Å². The van der Waals surface area contributed by atoms with Gasteiger partial charge in [-0.15, -0.1) is 0 Å². The Morgan fingerprint density at radius 2 is 1.58 bits per heavy atom. The number of hydrogen-bond acceptors (Lipinski definition) is 3.